The molecule has 168 valence electrons. The Morgan fingerprint density at radius 3 is 2.56 bits per heavy atom. The Kier molecular flexibility index (Phi) is 6.85. The van der Waals surface area contributed by atoms with Crippen molar-refractivity contribution >= 4 is 17.5 Å². The third-order valence-electron chi connectivity index (χ3n) is 4.64. The van der Waals surface area contributed by atoms with E-state index in [2.05, 4.69) is 9.97 Å². The van der Waals surface area contributed by atoms with Gasteiger partial charge in [0.25, 0.3) is 11.5 Å². The van der Waals surface area contributed by atoms with Crippen molar-refractivity contribution in [2.75, 3.05) is 14.2 Å². The molecule has 8 nitrogen and oxygen atoms in total. The summed E-state index contributed by atoms with van der Waals surface area (Å²) in [6.07, 6.45) is 2.32. The number of pyridine rings is 3. The third kappa shape index (κ3) is 4.61. The molecule has 3 rings (SSSR count). The fraction of sp³-hybridized carbons (Fsp3) is 0.238. The fourth-order valence-corrected chi connectivity index (χ4v) is 3.09. The minimum Gasteiger partial charge on any atom is -0.485 e. The summed E-state index contributed by atoms with van der Waals surface area (Å²) in [5.74, 6) is -2.18. The quantitative estimate of drug-likeness (QED) is 0.520. The van der Waals surface area contributed by atoms with Crippen molar-refractivity contribution in [3.63, 3.8) is 0 Å². The number of aryl methyl sites for hydroxylation is 2. The van der Waals surface area contributed by atoms with E-state index in [9.17, 15) is 18.4 Å². The van der Waals surface area contributed by atoms with Crippen LogP contribution in [0.2, 0.25) is 5.02 Å². The first kappa shape index (κ1) is 23.3. The van der Waals surface area contributed by atoms with Crippen LogP contribution in [0.4, 0.5) is 8.78 Å². The molecule has 0 bridgehead atoms. The van der Waals surface area contributed by atoms with Gasteiger partial charge in [-0.3, -0.25) is 29.0 Å². The number of carbonyl (C=O) groups is 1. The Morgan fingerprint density at radius 2 is 1.91 bits per heavy atom. The van der Waals surface area contributed by atoms with E-state index in [0.29, 0.717) is 23.0 Å². The van der Waals surface area contributed by atoms with Crippen LogP contribution in [0.1, 0.15) is 27.4 Å². The molecule has 0 spiro atoms. The normalized spacial score (nSPS) is 10.8. The van der Waals surface area contributed by atoms with Crippen molar-refractivity contribution < 1.29 is 23.1 Å². The van der Waals surface area contributed by atoms with Crippen LogP contribution >= 0.6 is 11.6 Å². The largest absolute Gasteiger partial charge is 0.485 e. The Morgan fingerprint density at radius 1 is 1.19 bits per heavy atom. The third-order valence-corrected chi connectivity index (χ3v) is 4.99. The van der Waals surface area contributed by atoms with Gasteiger partial charge >= 0.3 is 0 Å². The highest BCUT2D eigenvalue weighted by Gasteiger charge is 2.19. The number of hydrogen-bond acceptors (Lipinski definition) is 6. The number of hydroxylamine groups is 2. The number of amides is 1. The Balaban J connectivity index is 1.99. The molecule has 0 unspecified atom stereocenters. The van der Waals surface area contributed by atoms with E-state index in [-0.39, 0.29) is 28.8 Å². The van der Waals surface area contributed by atoms with E-state index >= 15 is 0 Å². The number of halogens is 3. The Bertz CT molecular complexity index is 1250. The zero-order chi connectivity index (χ0) is 23.6. The SMILES string of the molecule is CON(C)C(=O)c1cc(-n2c(C)cc(OCc3ncc(F)cc3F)c(Cl)c2=O)c(C)cn1. The lowest BCUT2D eigenvalue weighted by Gasteiger charge is -2.18. The van der Waals surface area contributed by atoms with Crippen molar-refractivity contribution in [3.8, 4) is 11.4 Å². The maximum absolute atomic E-state index is 13.8. The molecule has 1 amide bonds. The fourth-order valence-electron chi connectivity index (χ4n) is 2.90. The van der Waals surface area contributed by atoms with Crippen LogP contribution in [-0.2, 0) is 11.4 Å². The van der Waals surface area contributed by atoms with Crippen LogP contribution < -0.4 is 10.3 Å². The van der Waals surface area contributed by atoms with Crippen molar-refractivity contribution in [1.29, 1.82) is 0 Å². The molecule has 0 aliphatic heterocycles. The molecule has 3 aromatic heterocycles. The molecule has 0 saturated heterocycles. The van der Waals surface area contributed by atoms with Gasteiger partial charge < -0.3 is 4.74 Å². The Labute approximate surface area is 187 Å². The average molecular weight is 465 g/mol. The highest BCUT2D eigenvalue weighted by Crippen LogP contribution is 2.26. The van der Waals surface area contributed by atoms with Crippen LogP contribution in [0.5, 0.6) is 5.75 Å². The number of nitrogens with zero attached hydrogens (tertiary/aromatic N) is 4. The second kappa shape index (κ2) is 9.41. The van der Waals surface area contributed by atoms with Gasteiger partial charge in [-0.25, -0.2) is 13.8 Å². The van der Waals surface area contributed by atoms with Crippen LogP contribution in [0.25, 0.3) is 5.69 Å². The first-order valence-electron chi connectivity index (χ1n) is 9.28. The molecule has 0 aliphatic rings. The number of rotatable bonds is 6. The number of ether oxygens (including phenoxy) is 1. The number of hydrogen-bond donors (Lipinski definition) is 0. The highest BCUT2D eigenvalue weighted by molar-refractivity contribution is 6.31. The van der Waals surface area contributed by atoms with Gasteiger partial charge in [-0.05, 0) is 25.5 Å². The van der Waals surface area contributed by atoms with Gasteiger partial charge in [0, 0.05) is 31.1 Å². The first-order valence-corrected chi connectivity index (χ1v) is 9.65. The van der Waals surface area contributed by atoms with Gasteiger partial charge in [-0.1, -0.05) is 11.6 Å². The molecule has 32 heavy (non-hydrogen) atoms. The van der Waals surface area contributed by atoms with E-state index in [0.717, 1.165) is 11.3 Å². The minimum atomic E-state index is -0.878. The standard InChI is InChI=1S/C21H19ClF2N4O4/c1-11-8-25-15(20(29)27(3)31-4)7-17(11)28-12(2)5-18(19(22)21(28)30)32-10-16-14(24)6-13(23)9-26-16/h5-9H,10H2,1-4H3. The summed E-state index contributed by atoms with van der Waals surface area (Å²) in [6.45, 7) is 3.01. The average Bonchev–Trinajstić information content (AvgIpc) is 2.76. The van der Waals surface area contributed by atoms with E-state index in [1.54, 1.807) is 13.8 Å². The van der Waals surface area contributed by atoms with Gasteiger partial charge in [-0.2, -0.15) is 0 Å². The maximum Gasteiger partial charge on any atom is 0.295 e. The summed E-state index contributed by atoms with van der Waals surface area (Å²) >= 11 is 6.24. The van der Waals surface area contributed by atoms with Crippen LogP contribution in [0.15, 0.2) is 35.4 Å². The minimum absolute atomic E-state index is 0.0121. The summed E-state index contributed by atoms with van der Waals surface area (Å²) in [5, 5.41) is 0.750. The monoisotopic (exact) mass is 464 g/mol. The van der Waals surface area contributed by atoms with Crippen LogP contribution in [0, 0.1) is 25.5 Å². The van der Waals surface area contributed by atoms with Crippen molar-refractivity contribution in [3.05, 3.63) is 80.2 Å². The predicted octanol–water partition coefficient (Wildman–Crippen LogP) is 3.39. The molecule has 0 N–H and O–H groups in total. The zero-order valence-electron chi connectivity index (χ0n) is 17.6. The van der Waals surface area contributed by atoms with Gasteiger partial charge in [0.1, 0.15) is 34.6 Å². The topological polar surface area (TPSA) is 86.5 Å². The van der Waals surface area contributed by atoms with Gasteiger partial charge in [0.05, 0.1) is 19.0 Å². The summed E-state index contributed by atoms with van der Waals surface area (Å²) in [7, 11) is 2.77. The maximum atomic E-state index is 13.8. The molecular weight excluding hydrogens is 446 g/mol. The number of carbonyl (C=O) groups excluding carboxylic acids is 1. The van der Waals surface area contributed by atoms with Gasteiger partial charge in [0.2, 0.25) is 0 Å². The van der Waals surface area contributed by atoms with Crippen molar-refractivity contribution in [1.82, 2.24) is 19.6 Å². The first-order chi connectivity index (χ1) is 15.1. The molecule has 0 saturated carbocycles. The molecule has 3 heterocycles. The second-order valence-corrected chi connectivity index (χ2v) is 7.19. The summed E-state index contributed by atoms with van der Waals surface area (Å²) < 4.78 is 33.6. The molecule has 0 radical (unpaired) electrons. The summed E-state index contributed by atoms with van der Waals surface area (Å²) in [4.78, 5) is 38.0. The Hall–Kier alpha value is -3.37. The molecule has 0 aromatic carbocycles. The lowest BCUT2D eigenvalue weighted by Crippen LogP contribution is -2.27. The van der Waals surface area contributed by atoms with Crippen molar-refractivity contribution in [2.45, 2.75) is 20.5 Å². The van der Waals surface area contributed by atoms with E-state index < -0.39 is 23.1 Å². The summed E-state index contributed by atoms with van der Waals surface area (Å²) in [5.41, 5.74) is 0.774. The van der Waals surface area contributed by atoms with E-state index in [1.807, 2.05) is 0 Å². The van der Waals surface area contributed by atoms with Crippen LogP contribution in [0.3, 0.4) is 0 Å². The lowest BCUT2D eigenvalue weighted by atomic mass is 10.2. The molecule has 3 aromatic rings. The van der Waals surface area contributed by atoms with Crippen molar-refractivity contribution in [2.24, 2.45) is 0 Å². The van der Waals surface area contributed by atoms with Gasteiger partial charge in [-0.15, -0.1) is 0 Å². The molecule has 0 atom stereocenters. The summed E-state index contributed by atoms with van der Waals surface area (Å²) in [6, 6.07) is 3.63. The molecule has 11 heteroatoms. The smallest absolute Gasteiger partial charge is 0.295 e. The number of aromatic nitrogens is 3. The lowest BCUT2D eigenvalue weighted by molar-refractivity contribution is -0.0760. The molecule has 0 aliphatic carbocycles. The second-order valence-electron chi connectivity index (χ2n) is 6.82. The van der Waals surface area contributed by atoms with E-state index in [4.69, 9.17) is 21.2 Å². The van der Waals surface area contributed by atoms with Crippen LogP contribution in [-0.4, -0.2) is 39.7 Å². The zero-order valence-corrected chi connectivity index (χ0v) is 18.4. The molecule has 0 fully saturated rings. The highest BCUT2D eigenvalue weighted by atomic mass is 35.5. The predicted molar refractivity (Wildman–Crippen MR) is 112 cm³/mol. The molecular formula is C21H19ClF2N4O4. The van der Waals surface area contributed by atoms with E-state index in [1.165, 1.54) is 37.1 Å². The van der Waals surface area contributed by atoms with Gasteiger partial charge in [0.15, 0.2) is 5.82 Å².